The normalized spacial score (nSPS) is 16.1. The average molecular weight is 357 g/mol. The van der Waals surface area contributed by atoms with Gasteiger partial charge < -0.3 is 19.5 Å². The van der Waals surface area contributed by atoms with E-state index in [-0.39, 0.29) is 18.4 Å². The van der Waals surface area contributed by atoms with E-state index in [0.29, 0.717) is 37.6 Å². The second-order valence-corrected chi connectivity index (χ2v) is 6.59. The van der Waals surface area contributed by atoms with Crippen molar-refractivity contribution in [3.8, 4) is 0 Å². The molecule has 26 heavy (non-hydrogen) atoms. The lowest BCUT2D eigenvalue weighted by molar-refractivity contribution is -0.142. The molecule has 1 fully saturated rings. The highest BCUT2D eigenvalue weighted by molar-refractivity contribution is 5.96. The molecule has 0 atom stereocenters. The van der Waals surface area contributed by atoms with Crippen LogP contribution < -0.4 is 5.32 Å². The predicted octanol–water partition coefficient (Wildman–Crippen LogP) is 2.13. The summed E-state index contributed by atoms with van der Waals surface area (Å²) in [6.07, 6.45) is 1.20. The molecule has 2 amide bonds. The van der Waals surface area contributed by atoms with Crippen molar-refractivity contribution < 1.29 is 18.8 Å². The Morgan fingerprint density at radius 2 is 1.92 bits per heavy atom. The second-order valence-electron chi connectivity index (χ2n) is 6.59. The molecule has 7 nitrogen and oxygen atoms in total. The number of hydrogen-bond acceptors (Lipinski definition) is 5. The molecular weight excluding hydrogens is 334 g/mol. The van der Waals surface area contributed by atoms with E-state index in [2.05, 4.69) is 10.5 Å². The van der Waals surface area contributed by atoms with Crippen molar-refractivity contribution in [3.63, 3.8) is 0 Å². The summed E-state index contributed by atoms with van der Waals surface area (Å²) in [6.45, 7) is 2.74. The van der Waals surface area contributed by atoms with Crippen LogP contribution in [0.4, 0.5) is 5.82 Å². The van der Waals surface area contributed by atoms with Crippen molar-refractivity contribution in [1.29, 1.82) is 0 Å². The zero-order chi connectivity index (χ0) is 18.6. The number of nitrogens with zero attached hydrogens (tertiary/aromatic N) is 2. The molecule has 0 aliphatic carbocycles. The summed E-state index contributed by atoms with van der Waals surface area (Å²) in [7, 11) is 1.65. The fourth-order valence-electron chi connectivity index (χ4n) is 3.36. The van der Waals surface area contributed by atoms with Crippen LogP contribution in [-0.2, 0) is 19.7 Å². The Balaban J connectivity index is 1.73. The third kappa shape index (κ3) is 3.77. The Morgan fingerprint density at radius 3 is 2.54 bits per heavy atom. The first kappa shape index (κ1) is 18.1. The molecule has 2 heterocycles. The van der Waals surface area contributed by atoms with Gasteiger partial charge in [0, 0.05) is 26.3 Å². The van der Waals surface area contributed by atoms with Gasteiger partial charge in [-0.15, -0.1) is 0 Å². The van der Waals surface area contributed by atoms with Gasteiger partial charge in [-0.1, -0.05) is 35.5 Å². The maximum atomic E-state index is 13.3. The molecule has 1 aliphatic heterocycles. The largest absolute Gasteiger partial charge is 0.381 e. The van der Waals surface area contributed by atoms with Crippen LogP contribution in [0.15, 0.2) is 40.9 Å². The minimum absolute atomic E-state index is 0.0554. The maximum absolute atomic E-state index is 13.3. The van der Waals surface area contributed by atoms with Crippen molar-refractivity contribution in [1.82, 2.24) is 10.1 Å². The van der Waals surface area contributed by atoms with Gasteiger partial charge in [0.15, 0.2) is 5.82 Å². The molecule has 1 N–H and O–H groups in total. The quantitative estimate of drug-likeness (QED) is 0.886. The lowest BCUT2D eigenvalue weighted by Crippen LogP contribution is -2.50. The highest BCUT2D eigenvalue weighted by atomic mass is 16.5. The molecule has 1 aliphatic rings. The first-order chi connectivity index (χ1) is 12.5. The van der Waals surface area contributed by atoms with E-state index < -0.39 is 5.41 Å². The van der Waals surface area contributed by atoms with Crippen molar-refractivity contribution in [2.75, 3.05) is 32.1 Å². The number of carbonyl (C=O) groups excluding carboxylic acids is 2. The molecule has 3 rings (SSSR count). The van der Waals surface area contributed by atoms with Gasteiger partial charge in [-0.3, -0.25) is 9.59 Å². The number of aromatic nitrogens is 1. The molecule has 0 bridgehead atoms. The van der Waals surface area contributed by atoms with Gasteiger partial charge in [-0.25, -0.2) is 0 Å². The standard InChI is InChI=1S/C19H23N3O4/c1-14-12-16(21-26-14)20-17(23)13-22(2)18(24)19(8-10-25-11-9-19)15-6-4-3-5-7-15/h3-7,12H,8-11,13H2,1-2H3,(H,20,21,23). The Morgan fingerprint density at radius 1 is 1.23 bits per heavy atom. The number of ether oxygens (including phenoxy) is 1. The maximum Gasteiger partial charge on any atom is 0.245 e. The summed E-state index contributed by atoms with van der Waals surface area (Å²) in [5, 5.41) is 6.37. The third-order valence-corrected chi connectivity index (χ3v) is 4.71. The second kappa shape index (κ2) is 7.70. The number of rotatable bonds is 5. The van der Waals surface area contributed by atoms with E-state index in [1.165, 1.54) is 4.90 Å². The SMILES string of the molecule is Cc1cc(NC(=O)CN(C)C(=O)C2(c3ccccc3)CCOCC2)no1. The lowest BCUT2D eigenvalue weighted by Gasteiger charge is -2.38. The first-order valence-electron chi connectivity index (χ1n) is 8.63. The molecule has 7 heteroatoms. The van der Waals surface area contributed by atoms with Crippen molar-refractivity contribution in [3.05, 3.63) is 47.7 Å². The number of aryl methyl sites for hydroxylation is 1. The third-order valence-electron chi connectivity index (χ3n) is 4.71. The number of anilines is 1. The zero-order valence-electron chi connectivity index (χ0n) is 15.0. The Labute approximate surface area is 152 Å². The van der Waals surface area contributed by atoms with Crippen LogP contribution >= 0.6 is 0 Å². The van der Waals surface area contributed by atoms with Crippen LogP contribution in [-0.4, -0.2) is 48.7 Å². The molecule has 0 radical (unpaired) electrons. The van der Waals surface area contributed by atoms with E-state index in [1.807, 2.05) is 30.3 Å². The molecule has 1 saturated heterocycles. The van der Waals surface area contributed by atoms with Gasteiger partial charge in [-0.05, 0) is 25.3 Å². The smallest absolute Gasteiger partial charge is 0.245 e. The fourth-order valence-corrected chi connectivity index (χ4v) is 3.36. The van der Waals surface area contributed by atoms with Crippen molar-refractivity contribution in [2.45, 2.75) is 25.2 Å². The van der Waals surface area contributed by atoms with E-state index in [1.54, 1.807) is 20.0 Å². The number of benzene rings is 1. The summed E-state index contributed by atoms with van der Waals surface area (Å²) < 4.78 is 10.4. The van der Waals surface area contributed by atoms with Crippen LogP contribution in [0, 0.1) is 6.92 Å². The van der Waals surface area contributed by atoms with Crippen LogP contribution in [0.5, 0.6) is 0 Å². The molecule has 0 unspecified atom stereocenters. The van der Waals surface area contributed by atoms with Crippen molar-refractivity contribution >= 4 is 17.6 Å². The first-order valence-corrected chi connectivity index (χ1v) is 8.63. The average Bonchev–Trinajstić information content (AvgIpc) is 3.06. The highest BCUT2D eigenvalue weighted by Crippen LogP contribution is 2.36. The van der Waals surface area contributed by atoms with Crippen LogP contribution in [0.2, 0.25) is 0 Å². The molecule has 2 aromatic rings. The van der Waals surface area contributed by atoms with Gasteiger partial charge >= 0.3 is 0 Å². The molecule has 138 valence electrons. The summed E-state index contributed by atoms with van der Waals surface area (Å²) in [5.41, 5.74) is 0.312. The number of likely N-dealkylation sites (N-methyl/N-ethyl adjacent to an activating group) is 1. The van der Waals surface area contributed by atoms with Crippen LogP contribution in [0.1, 0.15) is 24.2 Å². The summed E-state index contributed by atoms with van der Waals surface area (Å²) >= 11 is 0. The highest BCUT2D eigenvalue weighted by Gasteiger charge is 2.43. The lowest BCUT2D eigenvalue weighted by atomic mass is 9.73. The molecule has 1 aromatic carbocycles. The zero-order valence-corrected chi connectivity index (χ0v) is 15.0. The van der Waals surface area contributed by atoms with E-state index >= 15 is 0 Å². The van der Waals surface area contributed by atoms with Gasteiger partial charge in [0.05, 0.1) is 12.0 Å². The summed E-state index contributed by atoms with van der Waals surface area (Å²) in [4.78, 5) is 27.0. The molecule has 0 saturated carbocycles. The van der Waals surface area contributed by atoms with E-state index in [0.717, 1.165) is 5.56 Å². The predicted molar refractivity (Wildman–Crippen MR) is 95.7 cm³/mol. The molecule has 1 aromatic heterocycles. The monoisotopic (exact) mass is 357 g/mol. The minimum Gasteiger partial charge on any atom is -0.381 e. The Bertz CT molecular complexity index is 766. The number of amides is 2. The van der Waals surface area contributed by atoms with Crippen LogP contribution in [0.3, 0.4) is 0 Å². The Hall–Kier alpha value is -2.67. The summed E-state index contributed by atoms with van der Waals surface area (Å²) in [5.74, 6) is 0.565. The molecule has 0 spiro atoms. The van der Waals surface area contributed by atoms with Gasteiger partial charge in [0.2, 0.25) is 11.8 Å². The Kier molecular flexibility index (Phi) is 5.37. The number of carbonyl (C=O) groups is 2. The fraction of sp³-hybridized carbons (Fsp3) is 0.421. The van der Waals surface area contributed by atoms with Crippen LogP contribution in [0.25, 0.3) is 0 Å². The number of nitrogens with one attached hydrogen (secondary N) is 1. The molecular formula is C19H23N3O4. The number of hydrogen-bond donors (Lipinski definition) is 1. The van der Waals surface area contributed by atoms with Crippen molar-refractivity contribution in [2.24, 2.45) is 0 Å². The van der Waals surface area contributed by atoms with Gasteiger partial charge in [0.1, 0.15) is 5.76 Å². The summed E-state index contributed by atoms with van der Waals surface area (Å²) in [6, 6.07) is 11.4. The van der Waals surface area contributed by atoms with E-state index in [9.17, 15) is 9.59 Å². The topological polar surface area (TPSA) is 84.7 Å². The van der Waals surface area contributed by atoms with E-state index in [4.69, 9.17) is 9.26 Å². The minimum atomic E-state index is -0.654. The van der Waals surface area contributed by atoms with Gasteiger partial charge in [-0.2, -0.15) is 0 Å². The van der Waals surface area contributed by atoms with Gasteiger partial charge in [0.25, 0.3) is 0 Å².